The fraction of sp³-hybridized carbons (Fsp3) is 0.375. The minimum Gasteiger partial charge on any atom is -0.436 e. The molecule has 0 aliphatic carbocycles. The van der Waals surface area contributed by atoms with Crippen LogP contribution in [0.1, 0.15) is 19.3 Å². The van der Waals surface area contributed by atoms with E-state index in [0.29, 0.717) is 45.0 Å². The maximum absolute atomic E-state index is 12.7. The van der Waals surface area contributed by atoms with E-state index in [2.05, 4.69) is 10.3 Å². The van der Waals surface area contributed by atoms with Crippen LogP contribution in [0.5, 0.6) is 0 Å². The molecule has 3 heterocycles. The number of piperidine rings is 1. The summed E-state index contributed by atoms with van der Waals surface area (Å²) in [5.74, 6) is 0.645. The van der Waals surface area contributed by atoms with Crippen LogP contribution in [0.3, 0.4) is 0 Å². The molecule has 31 heavy (non-hydrogen) atoms. The Balaban J connectivity index is 1.17. The SMILES string of the molecule is O=C(Nc1ccc(-c2nc3ccccc3o2)cc1)C1CCN(C(=O)[C@@H]2CCOC2)CC1. The highest BCUT2D eigenvalue weighted by atomic mass is 16.5. The highest BCUT2D eigenvalue weighted by Gasteiger charge is 2.32. The van der Waals surface area contributed by atoms with E-state index in [4.69, 9.17) is 9.15 Å². The topological polar surface area (TPSA) is 84.7 Å². The highest BCUT2D eigenvalue weighted by molar-refractivity contribution is 5.93. The molecular weight excluding hydrogens is 394 g/mol. The number of carbonyl (C=O) groups is 2. The third kappa shape index (κ3) is 4.18. The average molecular weight is 419 g/mol. The van der Waals surface area contributed by atoms with E-state index >= 15 is 0 Å². The molecule has 7 nitrogen and oxygen atoms in total. The van der Waals surface area contributed by atoms with Crippen LogP contribution in [0.4, 0.5) is 5.69 Å². The van der Waals surface area contributed by atoms with Crippen LogP contribution in [0, 0.1) is 11.8 Å². The Bertz CT molecular complexity index is 1040. The molecule has 2 aliphatic heterocycles. The van der Waals surface area contributed by atoms with E-state index in [1.807, 2.05) is 53.4 Å². The van der Waals surface area contributed by atoms with Gasteiger partial charge in [0.05, 0.1) is 12.5 Å². The van der Waals surface area contributed by atoms with Gasteiger partial charge in [-0.3, -0.25) is 9.59 Å². The van der Waals surface area contributed by atoms with Crippen molar-refractivity contribution in [1.82, 2.24) is 9.88 Å². The van der Waals surface area contributed by atoms with Gasteiger partial charge in [-0.05, 0) is 55.7 Å². The lowest BCUT2D eigenvalue weighted by Crippen LogP contribution is -2.44. The number of nitrogens with zero attached hydrogens (tertiary/aromatic N) is 2. The fourth-order valence-corrected chi connectivity index (χ4v) is 4.29. The van der Waals surface area contributed by atoms with Crippen molar-refractivity contribution in [3.63, 3.8) is 0 Å². The number of ether oxygens (including phenoxy) is 1. The molecule has 7 heteroatoms. The average Bonchev–Trinajstić information content (AvgIpc) is 3.49. The monoisotopic (exact) mass is 419 g/mol. The zero-order valence-corrected chi connectivity index (χ0v) is 17.3. The molecule has 2 saturated heterocycles. The lowest BCUT2D eigenvalue weighted by Gasteiger charge is -2.32. The molecule has 1 N–H and O–H groups in total. The normalized spacial score (nSPS) is 19.6. The Morgan fingerprint density at radius 1 is 0.968 bits per heavy atom. The second-order valence-corrected chi connectivity index (χ2v) is 8.21. The Hall–Kier alpha value is -3.19. The summed E-state index contributed by atoms with van der Waals surface area (Å²) in [6.45, 7) is 2.45. The van der Waals surface area contributed by atoms with Crippen molar-refractivity contribution < 1.29 is 18.7 Å². The van der Waals surface area contributed by atoms with Crippen LogP contribution in [-0.4, -0.2) is 48.0 Å². The summed E-state index contributed by atoms with van der Waals surface area (Å²) in [5.41, 5.74) is 3.17. The Kier molecular flexibility index (Phi) is 5.42. The summed E-state index contributed by atoms with van der Waals surface area (Å²) in [6, 6.07) is 15.2. The fourth-order valence-electron chi connectivity index (χ4n) is 4.29. The van der Waals surface area contributed by atoms with E-state index in [0.717, 1.165) is 28.8 Å². The summed E-state index contributed by atoms with van der Waals surface area (Å²) < 4.78 is 11.1. The maximum atomic E-state index is 12.7. The van der Waals surface area contributed by atoms with Crippen LogP contribution in [-0.2, 0) is 14.3 Å². The van der Waals surface area contributed by atoms with Gasteiger partial charge in [-0.15, -0.1) is 0 Å². The van der Waals surface area contributed by atoms with E-state index in [9.17, 15) is 9.59 Å². The van der Waals surface area contributed by atoms with E-state index in [-0.39, 0.29) is 23.7 Å². The number of aromatic nitrogens is 1. The number of oxazole rings is 1. The Labute approximate surface area is 180 Å². The molecular formula is C24H25N3O4. The molecule has 2 aromatic carbocycles. The van der Waals surface area contributed by atoms with Crippen molar-refractivity contribution in [3.05, 3.63) is 48.5 Å². The molecule has 1 aromatic heterocycles. The Morgan fingerprint density at radius 3 is 2.45 bits per heavy atom. The van der Waals surface area contributed by atoms with Gasteiger partial charge in [0.25, 0.3) is 0 Å². The third-order valence-corrected chi connectivity index (χ3v) is 6.15. The van der Waals surface area contributed by atoms with Gasteiger partial charge < -0.3 is 19.4 Å². The van der Waals surface area contributed by atoms with Gasteiger partial charge in [-0.1, -0.05) is 12.1 Å². The molecule has 1 atom stereocenters. The quantitative estimate of drug-likeness (QED) is 0.697. The minimum atomic E-state index is -0.0828. The number of nitrogens with one attached hydrogen (secondary N) is 1. The van der Waals surface area contributed by atoms with Gasteiger partial charge in [-0.2, -0.15) is 0 Å². The van der Waals surface area contributed by atoms with E-state index < -0.39 is 0 Å². The standard InChI is InChI=1S/C24H25N3O4/c28-22(16-9-12-27(13-10-16)24(29)18-11-14-30-15-18)25-19-7-5-17(6-8-19)23-26-20-3-1-2-4-21(20)31-23/h1-8,16,18H,9-15H2,(H,25,28)/t18-/m1/s1. The first kappa shape index (κ1) is 19.8. The van der Waals surface area contributed by atoms with Crippen molar-refractivity contribution in [3.8, 4) is 11.5 Å². The molecule has 2 aliphatic rings. The first-order chi connectivity index (χ1) is 15.2. The minimum absolute atomic E-state index is 0.00547. The molecule has 3 aromatic rings. The van der Waals surface area contributed by atoms with Gasteiger partial charge in [0.2, 0.25) is 17.7 Å². The highest BCUT2D eigenvalue weighted by Crippen LogP contribution is 2.26. The molecule has 0 unspecified atom stereocenters. The van der Waals surface area contributed by atoms with Gasteiger partial charge >= 0.3 is 0 Å². The summed E-state index contributed by atoms with van der Waals surface area (Å²) in [4.78, 5) is 31.6. The number of anilines is 1. The summed E-state index contributed by atoms with van der Waals surface area (Å²) in [6.07, 6.45) is 2.18. The number of hydrogen-bond donors (Lipinski definition) is 1. The largest absolute Gasteiger partial charge is 0.436 e. The van der Waals surface area contributed by atoms with Crippen molar-refractivity contribution in [1.29, 1.82) is 0 Å². The number of para-hydroxylation sites is 2. The molecule has 5 rings (SSSR count). The lowest BCUT2D eigenvalue weighted by molar-refractivity contribution is -0.138. The predicted octanol–water partition coefficient (Wildman–Crippen LogP) is 3.71. The van der Waals surface area contributed by atoms with Crippen LogP contribution in [0.15, 0.2) is 52.9 Å². The number of carbonyl (C=O) groups excluding carboxylic acids is 2. The summed E-state index contributed by atoms with van der Waals surface area (Å²) >= 11 is 0. The van der Waals surface area contributed by atoms with Crippen molar-refractivity contribution in [2.45, 2.75) is 19.3 Å². The Morgan fingerprint density at radius 2 is 1.74 bits per heavy atom. The second-order valence-electron chi connectivity index (χ2n) is 8.21. The van der Waals surface area contributed by atoms with Crippen molar-refractivity contribution >= 4 is 28.6 Å². The maximum Gasteiger partial charge on any atom is 0.228 e. The lowest BCUT2D eigenvalue weighted by atomic mass is 9.94. The number of likely N-dealkylation sites (tertiary alicyclic amines) is 1. The smallest absolute Gasteiger partial charge is 0.228 e. The van der Waals surface area contributed by atoms with Crippen LogP contribution in [0.25, 0.3) is 22.6 Å². The van der Waals surface area contributed by atoms with Crippen LogP contribution >= 0.6 is 0 Å². The summed E-state index contributed by atoms with van der Waals surface area (Å²) in [7, 11) is 0. The molecule has 0 saturated carbocycles. The van der Waals surface area contributed by atoms with Gasteiger partial charge in [0.1, 0.15) is 5.52 Å². The van der Waals surface area contributed by atoms with E-state index in [1.54, 1.807) is 0 Å². The van der Waals surface area contributed by atoms with Gasteiger partial charge in [0, 0.05) is 36.9 Å². The van der Waals surface area contributed by atoms with Crippen LogP contribution < -0.4 is 5.32 Å². The van der Waals surface area contributed by atoms with Gasteiger partial charge in [-0.25, -0.2) is 4.98 Å². The molecule has 2 fully saturated rings. The number of hydrogen-bond acceptors (Lipinski definition) is 5. The number of amides is 2. The molecule has 2 amide bonds. The first-order valence-electron chi connectivity index (χ1n) is 10.8. The van der Waals surface area contributed by atoms with Crippen LogP contribution in [0.2, 0.25) is 0 Å². The first-order valence-corrected chi connectivity index (χ1v) is 10.8. The molecule has 0 bridgehead atoms. The zero-order chi connectivity index (χ0) is 21.2. The van der Waals surface area contributed by atoms with Crippen molar-refractivity contribution in [2.75, 3.05) is 31.6 Å². The third-order valence-electron chi connectivity index (χ3n) is 6.15. The molecule has 0 radical (unpaired) electrons. The summed E-state index contributed by atoms with van der Waals surface area (Å²) in [5, 5.41) is 3.00. The van der Waals surface area contributed by atoms with Crippen molar-refractivity contribution in [2.24, 2.45) is 11.8 Å². The number of benzene rings is 2. The second kappa shape index (κ2) is 8.51. The molecule has 160 valence electrons. The number of fused-ring (bicyclic) bond motifs is 1. The zero-order valence-electron chi connectivity index (χ0n) is 17.3. The molecule has 0 spiro atoms. The van der Waals surface area contributed by atoms with E-state index in [1.165, 1.54) is 0 Å². The predicted molar refractivity (Wildman–Crippen MR) is 116 cm³/mol. The van der Waals surface area contributed by atoms with Gasteiger partial charge in [0.15, 0.2) is 5.58 Å². The number of rotatable bonds is 4.